The van der Waals surface area contributed by atoms with Crippen molar-refractivity contribution in [3.63, 3.8) is 0 Å². The number of nitrogens with two attached hydrogens (primary N) is 1. The van der Waals surface area contributed by atoms with Gasteiger partial charge in [-0.25, -0.2) is 0 Å². The fraction of sp³-hybridized carbons (Fsp3) is 0.800. The van der Waals surface area contributed by atoms with E-state index >= 15 is 0 Å². The van der Waals surface area contributed by atoms with E-state index in [1.807, 2.05) is 0 Å². The molecule has 0 bridgehead atoms. The summed E-state index contributed by atoms with van der Waals surface area (Å²) in [6.45, 7) is 8.04. The van der Waals surface area contributed by atoms with Crippen molar-refractivity contribution in [1.82, 2.24) is 5.32 Å². The summed E-state index contributed by atoms with van der Waals surface area (Å²) in [5, 5.41) is 3.34. The molecule has 0 spiro atoms. The standard InChI is InChI=1S/C10H20N2/c1-5-6-7-12-9(8-11)10(2,3)4/h1,9,12H,6-8,11H2,2-4H3. The van der Waals surface area contributed by atoms with Crippen LogP contribution in [0.2, 0.25) is 0 Å². The van der Waals surface area contributed by atoms with Gasteiger partial charge in [0.2, 0.25) is 0 Å². The van der Waals surface area contributed by atoms with Crippen LogP contribution in [0.1, 0.15) is 27.2 Å². The number of hydrogen-bond acceptors (Lipinski definition) is 2. The minimum atomic E-state index is 0.212. The van der Waals surface area contributed by atoms with Crippen LogP contribution in [0.15, 0.2) is 0 Å². The SMILES string of the molecule is C#CCCNC(CN)C(C)(C)C. The number of rotatable bonds is 4. The third-order valence-electron chi connectivity index (χ3n) is 1.94. The molecule has 1 atom stereocenters. The van der Waals surface area contributed by atoms with E-state index in [0.29, 0.717) is 12.6 Å². The van der Waals surface area contributed by atoms with Crippen molar-refractivity contribution in [2.24, 2.45) is 11.1 Å². The lowest BCUT2D eigenvalue weighted by Gasteiger charge is -2.30. The number of hydrogen-bond donors (Lipinski definition) is 2. The molecule has 0 aliphatic heterocycles. The Morgan fingerprint density at radius 3 is 2.42 bits per heavy atom. The third-order valence-corrected chi connectivity index (χ3v) is 1.94. The van der Waals surface area contributed by atoms with Crippen LogP contribution in [0.25, 0.3) is 0 Å². The molecule has 0 aliphatic carbocycles. The first-order valence-corrected chi connectivity index (χ1v) is 4.39. The lowest BCUT2D eigenvalue weighted by molar-refractivity contribution is 0.276. The first kappa shape index (κ1) is 11.5. The molecular formula is C10H20N2. The van der Waals surface area contributed by atoms with Crippen LogP contribution in [0.3, 0.4) is 0 Å². The van der Waals surface area contributed by atoms with E-state index in [2.05, 4.69) is 32.0 Å². The predicted molar refractivity (Wildman–Crippen MR) is 53.8 cm³/mol. The highest BCUT2D eigenvalue weighted by atomic mass is 14.9. The lowest BCUT2D eigenvalue weighted by Crippen LogP contribution is -2.46. The summed E-state index contributed by atoms with van der Waals surface area (Å²) in [6, 6.07) is 0.353. The van der Waals surface area contributed by atoms with Crippen LogP contribution in [0.4, 0.5) is 0 Å². The molecule has 0 radical (unpaired) electrons. The molecule has 0 saturated carbocycles. The van der Waals surface area contributed by atoms with Crippen LogP contribution in [0, 0.1) is 17.8 Å². The maximum absolute atomic E-state index is 5.63. The van der Waals surface area contributed by atoms with Gasteiger partial charge in [-0.15, -0.1) is 12.3 Å². The molecular weight excluding hydrogens is 148 g/mol. The Hall–Kier alpha value is -0.520. The molecule has 70 valence electrons. The summed E-state index contributed by atoms with van der Waals surface area (Å²) in [6.07, 6.45) is 5.91. The monoisotopic (exact) mass is 168 g/mol. The molecule has 0 aromatic heterocycles. The fourth-order valence-corrected chi connectivity index (χ4v) is 1.06. The van der Waals surface area contributed by atoms with E-state index in [1.54, 1.807) is 0 Å². The van der Waals surface area contributed by atoms with Gasteiger partial charge in [0.25, 0.3) is 0 Å². The molecule has 0 heterocycles. The second-order valence-corrected chi connectivity index (χ2v) is 4.06. The van der Waals surface area contributed by atoms with Crippen LogP contribution < -0.4 is 11.1 Å². The zero-order valence-electron chi connectivity index (χ0n) is 8.35. The molecule has 0 aromatic rings. The van der Waals surface area contributed by atoms with E-state index in [-0.39, 0.29) is 5.41 Å². The molecule has 0 aliphatic rings. The Kier molecular flexibility index (Phi) is 4.96. The summed E-state index contributed by atoms with van der Waals surface area (Å²) in [4.78, 5) is 0. The van der Waals surface area contributed by atoms with E-state index < -0.39 is 0 Å². The van der Waals surface area contributed by atoms with Crippen molar-refractivity contribution in [3.8, 4) is 12.3 Å². The Morgan fingerprint density at radius 2 is 2.08 bits per heavy atom. The molecule has 12 heavy (non-hydrogen) atoms. The van der Waals surface area contributed by atoms with Crippen LogP contribution in [-0.4, -0.2) is 19.1 Å². The second-order valence-electron chi connectivity index (χ2n) is 4.06. The number of terminal acetylenes is 1. The highest BCUT2D eigenvalue weighted by molar-refractivity contribution is 4.87. The van der Waals surface area contributed by atoms with Gasteiger partial charge < -0.3 is 11.1 Å². The zero-order chi connectivity index (χ0) is 9.61. The first-order valence-electron chi connectivity index (χ1n) is 4.39. The molecule has 3 N–H and O–H groups in total. The van der Waals surface area contributed by atoms with Gasteiger partial charge >= 0.3 is 0 Å². The zero-order valence-corrected chi connectivity index (χ0v) is 8.35. The van der Waals surface area contributed by atoms with Crippen LogP contribution in [0.5, 0.6) is 0 Å². The highest BCUT2D eigenvalue weighted by Gasteiger charge is 2.21. The molecule has 0 fully saturated rings. The maximum atomic E-state index is 5.63. The molecule has 0 saturated heterocycles. The maximum Gasteiger partial charge on any atom is 0.0239 e. The van der Waals surface area contributed by atoms with Crippen LogP contribution in [-0.2, 0) is 0 Å². The quantitative estimate of drug-likeness (QED) is 0.485. The summed E-state index contributed by atoms with van der Waals surface area (Å²) in [5.74, 6) is 2.60. The summed E-state index contributed by atoms with van der Waals surface area (Å²) >= 11 is 0. The van der Waals surface area contributed by atoms with Crippen molar-refractivity contribution in [3.05, 3.63) is 0 Å². The van der Waals surface area contributed by atoms with E-state index in [1.165, 1.54) is 0 Å². The minimum Gasteiger partial charge on any atom is -0.329 e. The number of nitrogens with one attached hydrogen (secondary N) is 1. The molecule has 0 amide bonds. The van der Waals surface area contributed by atoms with Crippen molar-refractivity contribution in [2.75, 3.05) is 13.1 Å². The third kappa shape index (κ3) is 4.38. The van der Waals surface area contributed by atoms with E-state index in [9.17, 15) is 0 Å². The van der Waals surface area contributed by atoms with Gasteiger partial charge in [-0.2, -0.15) is 0 Å². The Balaban J connectivity index is 3.78. The van der Waals surface area contributed by atoms with Gasteiger partial charge in [0, 0.05) is 25.6 Å². The van der Waals surface area contributed by atoms with Crippen LogP contribution >= 0.6 is 0 Å². The Labute approximate surface area is 75.9 Å². The smallest absolute Gasteiger partial charge is 0.0239 e. The molecule has 2 heteroatoms. The van der Waals surface area contributed by atoms with E-state index in [4.69, 9.17) is 12.2 Å². The average Bonchev–Trinajstić information content (AvgIpc) is 1.95. The fourth-order valence-electron chi connectivity index (χ4n) is 1.06. The van der Waals surface area contributed by atoms with Gasteiger partial charge in [-0.3, -0.25) is 0 Å². The van der Waals surface area contributed by atoms with Crippen molar-refractivity contribution in [1.29, 1.82) is 0 Å². The topological polar surface area (TPSA) is 38.0 Å². The van der Waals surface area contributed by atoms with Gasteiger partial charge in [0.15, 0.2) is 0 Å². The van der Waals surface area contributed by atoms with Gasteiger partial charge in [0.1, 0.15) is 0 Å². The summed E-state index contributed by atoms with van der Waals surface area (Å²) < 4.78 is 0. The van der Waals surface area contributed by atoms with Crippen molar-refractivity contribution >= 4 is 0 Å². The van der Waals surface area contributed by atoms with Gasteiger partial charge in [-0.1, -0.05) is 20.8 Å². The summed E-state index contributed by atoms with van der Waals surface area (Å²) in [5.41, 5.74) is 5.84. The molecule has 1 unspecified atom stereocenters. The first-order chi connectivity index (χ1) is 5.52. The molecule has 0 aromatic carbocycles. The van der Waals surface area contributed by atoms with Crippen molar-refractivity contribution in [2.45, 2.75) is 33.2 Å². The van der Waals surface area contributed by atoms with Crippen molar-refractivity contribution < 1.29 is 0 Å². The van der Waals surface area contributed by atoms with Gasteiger partial charge in [-0.05, 0) is 5.41 Å². The molecule has 2 nitrogen and oxygen atoms in total. The lowest BCUT2D eigenvalue weighted by atomic mass is 9.87. The second kappa shape index (κ2) is 5.18. The highest BCUT2D eigenvalue weighted by Crippen LogP contribution is 2.17. The average molecular weight is 168 g/mol. The normalized spacial score (nSPS) is 13.9. The summed E-state index contributed by atoms with van der Waals surface area (Å²) in [7, 11) is 0. The minimum absolute atomic E-state index is 0.212. The Morgan fingerprint density at radius 1 is 1.50 bits per heavy atom. The largest absolute Gasteiger partial charge is 0.329 e. The molecule has 0 rings (SSSR count). The predicted octanol–water partition coefficient (Wildman–Crippen LogP) is 0.973. The van der Waals surface area contributed by atoms with Gasteiger partial charge in [0.05, 0.1) is 0 Å². The van der Waals surface area contributed by atoms with E-state index in [0.717, 1.165) is 13.0 Å². The Bertz CT molecular complexity index is 150.